The molecule has 4 amide bonds. The van der Waals surface area contributed by atoms with Crippen LogP contribution in [0.5, 0.6) is 0 Å². The lowest BCUT2D eigenvalue weighted by Gasteiger charge is -2.32. The van der Waals surface area contributed by atoms with E-state index in [9.17, 15) is 32.3 Å². The lowest BCUT2D eigenvalue weighted by molar-refractivity contribution is -0.192. The Hall–Kier alpha value is -5.68. The van der Waals surface area contributed by atoms with Crippen LogP contribution >= 0.6 is 0 Å². The van der Waals surface area contributed by atoms with Gasteiger partial charge in [-0.1, -0.05) is 61.7 Å². The van der Waals surface area contributed by atoms with Crippen molar-refractivity contribution in [1.29, 1.82) is 5.41 Å². The number of rotatable bonds is 15. The molecule has 3 rings (SSSR count). The van der Waals surface area contributed by atoms with E-state index < -0.39 is 53.8 Å². The van der Waals surface area contributed by atoms with E-state index in [1.807, 2.05) is 6.07 Å². The lowest BCUT2D eigenvalue weighted by Crippen LogP contribution is -2.57. The predicted octanol–water partition coefficient (Wildman–Crippen LogP) is 1.49. The van der Waals surface area contributed by atoms with Gasteiger partial charge in [-0.3, -0.25) is 29.6 Å². The molecule has 1 aliphatic carbocycles. The molecule has 2 aromatic rings. The fourth-order valence-corrected chi connectivity index (χ4v) is 5.28. The van der Waals surface area contributed by atoms with Gasteiger partial charge in [0.2, 0.25) is 23.6 Å². The van der Waals surface area contributed by atoms with Crippen molar-refractivity contribution in [3.8, 4) is 0 Å². The first kappa shape index (κ1) is 41.5. The average Bonchev–Trinajstić information content (AvgIpc) is 3.07. The number of aliphatic carboxylic acids is 1. The number of alkyl halides is 3. The maximum absolute atomic E-state index is 13.9. The number of amides is 4. The van der Waals surface area contributed by atoms with Crippen molar-refractivity contribution < 1.29 is 42.3 Å². The molecule has 18 heteroatoms. The molecule has 0 saturated heterocycles. The minimum Gasteiger partial charge on any atom is -0.475 e. The van der Waals surface area contributed by atoms with Gasteiger partial charge in [0, 0.05) is 17.8 Å². The maximum Gasteiger partial charge on any atom is 0.490 e. The van der Waals surface area contributed by atoms with Gasteiger partial charge in [0.25, 0.3) is 0 Å². The van der Waals surface area contributed by atoms with Gasteiger partial charge in [0.15, 0.2) is 5.96 Å². The smallest absolute Gasteiger partial charge is 0.475 e. The summed E-state index contributed by atoms with van der Waals surface area (Å²) in [6.45, 7) is 0.260. The zero-order valence-corrected chi connectivity index (χ0v) is 27.7. The van der Waals surface area contributed by atoms with Crippen molar-refractivity contribution in [2.75, 3.05) is 11.9 Å². The van der Waals surface area contributed by atoms with E-state index in [0.29, 0.717) is 36.1 Å². The number of benzene rings is 2. The highest BCUT2D eigenvalue weighted by Gasteiger charge is 2.38. The van der Waals surface area contributed by atoms with Crippen molar-refractivity contribution in [2.24, 2.45) is 39.8 Å². The molecule has 0 aliphatic heterocycles. The molecule has 2 aromatic carbocycles. The molecule has 1 saturated carbocycles. The maximum atomic E-state index is 13.9. The monoisotopic (exact) mass is 719 g/mol. The number of guanidine groups is 1. The Morgan fingerprint density at radius 1 is 0.863 bits per heavy atom. The van der Waals surface area contributed by atoms with Crippen LogP contribution in [0.15, 0.2) is 59.6 Å². The Morgan fingerprint density at radius 2 is 1.45 bits per heavy atom. The number of carboxylic acid groups (broad SMARTS) is 1. The predicted molar refractivity (Wildman–Crippen MR) is 183 cm³/mol. The number of anilines is 1. The number of aliphatic imine (C=N–C) groups is 1. The van der Waals surface area contributed by atoms with Gasteiger partial charge in [0.1, 0.15) is 23.8 Å². The third-order valence-corrected chi connectivity index (χ3v) is 7.93. The number of primary amides is 1. The Balaban J connectivity index is 0.00000116. The van der Waals surface area contributed by atoms with E-state index in [4.69, 9.17) is 38.2 Å². The molecular weight excluding hydrogens is 675 g/mol. The molecular formula is C33H44F3N9O6. The van der Waals surface area contributed by atoms with Crippen LogP contribution in [0.2, 0.25) is 0 Å². The van der Waals surface area contributed by atoms with Crippen LogP contribution < -0.4 is 38.9 Å². The Labute approximate surface area is 292 Å². The number of nitrogens with zero attached hydrogens (tertiary/aromatic N) is 1. The number of nitrogen functional groups attached to an aromatic ring is 1. The van der Waals surface area contributed by atoms with Crippen LogP contribution in [0.1, 0.15) is 56.1 Å². The standard InChI is InChI=1S/C31H43N9O4.C2HF3O2/c32-26(33)21-15-13-19(14-16-21)18-23(28(42)38-22-10-5-2-6-11-22)29(43)40-25(20-8-3-1-4-9-20)30(44)39-24(27(34)41)12-7-17-37-31(35)36;3-2(4,5)1(6)7/h2,5-6,10-11,13-16,20,23-25H,1,3-4,7-9,12,17-18H2,(H3,32,33)(H2,34,41)(H,38,42)(H,39,44)(H,40,43)(H4,35,36,37);(H,6,7)/t23?,24?,25-;/m0./s1. The number of nitrogens with two attached hydrogens (primary N) is 4. The lowest BCUT2D eigenvalue weighted by atomic mass is 9.83. The molecule has 15 nitrogen and oxygen atoms in total. The Kier molecular flexibility index (Phi) is 16.4. The number of hydrogen-bond acceptors (Lipinski definition) is 7. The highest BCUT2D eigenvalue weighted by Crippen LogP contribution is 2.27. The van der Waals surface area contributed by atoms with Gasteiger partial charge in [-0.05, 0) is 55.7 Å². The SMILES string of the molecule is N=C(N)c1ccc(CC(C(=O)Nc2ccccc2)C(=O)N[C@H](C(=O)NC(CCCN=C(N)N)C(N)=O)C2CCCCC2)cc1.O=C(O)C(F)(F)F. The van der Waals surface area contributed by atoms with E-state index in [1.165, 1.54) is 0 Å². The summed E-state index contributed by atoms with van der Waals surface area (Å²) in [4.78, 5) is 66.0. The first-order chi connectivity index (χ1) is 24.0. The average molecular weight is 720 g/mol. The fourth-order valence-electron chi connectivity index (χ4n) is 5.28. The number of nitrogens with one attached hydrogen (secondary N) is 4. The first-order valence-electron chi connectivity index (χ1n) is 16.0. The number of amidine groups is 1. The van der Waals surface area contributed by atoms with Crippen LogP contribution in [0.25, 0.3) is 0 Å². The molecule has 51 heavy (non-hydrogen) atoms. The van der Waals surface area contributed by atoms with E-state index in [2.05, 4.69) is 20.9 Å². The second kappa shape index (κ2) is 20.1. The summed E-state index contributed by atoms with van der Waals surface area (Å²) < 4.78 is 31.7. The largest absolute Gasteiger partial charge is 0.490 e. The summed E-state index contributed by atoms with van der Waals surface area (Å²) in [7, 11) is 0. The van der Waals surface area contributed by atoms with Gasteiger partial charge >= 0.3 is 12.1 Å². The van der Waals surface area contributed by atoms with Crippen LogP contribution in [0.4, 0.5) is 18.9 Å². The van der Waals surface area contributed by atoms with E-state index in [1.54, 1.807) is 48.5 Å². The van der Waals surface area contributed by atoms with E-state index in [0.717, 1.165) is 19.3 Å². The second-order valence-electron chi connectivity index (χ2n) is 11.8. The second-order valence-corrected chi connectivity index (χ2v) is 11.8. The quantitative estimate of drug-likeness (QED) is 0.0557. The van der Waals surface area contributed by atoms with E-state index in [-0.39, 0.29) is 37.1 Å². The summed E-state index contributed by atoms with van der Waals surface area (Å²) in [5.74, 6) is -6.73. The molecule has 1 fully saturated rings. The molecule has 0 radical (unpaired) electrons. The number of carboxylic acids is 1. The number of hydrogen-bond donors (Lipinski definition) is 9. The normalized spacial score (nSPS) is 14.6. The van der Waals surface area contributed by atoms with Crippen molar-refractivity contribution in [1.82, 2.24) is 10.6 Å². The van der Waals surface area contributed by atoms with Crippen molar-refractivity contribution in [3.05, 3.63) is 65.7 Å². The van der Waals surface area contributed by atoms with Crippen LogP contribution in [-0.4, -0.2) is 71.3 Å². The molecule has 0 spiro atoms. The number of para-hydroxylation sites is 1. The summed E-state index contributed by atoms with van der Waals surface area (Å²) >= 11 is 0. The number of carbonyl (C=O) groups excluding carboxylic acids is 4. The Morgan fingerprint density at radius 3 is 1.96 bits per heavy atom. The molecule has 278 valence electrons. The van der Waals surface area contributed by atoms with Crippen LogP contribution in [-0.2, 0) is 30.4 Å². The molecule has 3 atom stereocenters. The van der Waals surface area contributed by atoms with E-state index >= 15 is 0 Å². The molecule has 0 bridgehead atoms. The summed E-state index contributed by atoms with van der Waals surface area (Å²) in [5, 5.41) is 23.1. The van der Waals surface area contributed by atoms with Crippen molar-refractivity contribution in [3.63, 3.8) is 0 Å². The van der Waals surface area contributed by atoms with Crippen LogP contribution in [0.3, 0.4) is 0 Å². The molecule has 13 N–H and O–H groups in total. The first-order valence-corrected chi connectivity index (χ1v) is 16.0. The third-order valence-electron chi connectivity index (χ3n) is 7.93. The van der Waals surface area contributed by atoms with Gasteiger partial charge in [-0.2, -0.15) is 13.2 Å². The fraction of sp³-hybridized carbons (Fsp3) is 0.424. The number of carbonyl (C=O) groups is 5. The van der Waals surface area contributed by atoms with Gasteiger partial charge in [-0.15, -0.1) is 0 Å². The van der Waals surface area contributed by atoms with Crippen molar-refractivity contribution in [2.45, 2.75) is 69.6 Å². The topological polar surface area (TPSA) is 282 Å². The molecule has 1 aliphatic rings. The summed E-state index contributed by atoms with van der Waals surface area (Å²) in [6.07, 6.45) is -0.222. The Bertz CT molecular complexity index is 1530. The summed E-state index contributed by atoms with van der Waals surface area (Å²) in [5.41, 5.74) is 23.6. The molecule has 2 unspecified atom stereocenters. The minimum absolute atomic E-state index is 0.0381. The summed E-state index contributed by atoms with van der Waals surface area (Å²) in [6, 6.07) is 13.5. The number of halogens is 3. The van der Waals surface area contributed by atoms with Crippen LogP contribution in [0, 0.1) is 17.2 Å². The highest BCUT2D eigenvalue weighted by atomic mass is 19.4. The van der Waals surface area contributed by atoms with Gasteiger partial charge in [0.05, 0.1) is 0 Å². The minimum atomic E-state index is -5.08. The van der Waals surface area contributed by atoms with Crippen molar-refractivity contribution >= 4 is 47.1 Å². The van der Waals surface area contributed by atoms with Gasteiger partial charge in [-0.25, -0.2) is 4.79 Å². The molecule has 0 heterocycles. The third kappa shape index (κ3) is 14.8. The zero-order valence-electron chi connectivity index (χ0n) is 27.7. The van der Waals surface area contributed by atoms with Gasteiger partial charge < -0.3 is 44.0 Å². The zero-order chi connectivity index (χ0) is 38.1. The highest BCUT2D eigenvalue weighted by molar-refractivity contribution is 6.07. The molecule has 0 aromatic heterocycles.